The van der Waals surface area contributed by atoms with E-state index < -0.39 is 24.2 Å². The third kappa shape index (κ3) is 7.58. The molecule has 6 rings (SSSR count). The first-order chi connectivity index (χ1) is 23.2. The number of aliphatic carboxylic acids is 2. The average Bonchev–Trinajstić information content (AvgIpc) is 3.54. The molecule has 2 aromatic carbocycles. The van der Waals surface area contributed by atoms with Gasteiger partial charge in [0.2, 0.25) is 0 Å². The van der Waals surface area contributed by atoms with Gasteiger partial charge in [0.25, 0.3) is 0 Å². The van der Waals surface area contributed by atoms with Crippen molar-refractivity contribution in [1.82, 2.24) is 14.8 Å². The number of benzene rings is 2. The van der Waals surface area contributed by atoms with Crippen molar-refractivity contribution in [3.05, 3.63) is 86.8 Å². The minimum atomic E-state index is -5.08. The summed E-state index contributed by atoms with van der Waals surface area (Å²) < 4.78 is 44.2. The summed E-state index contributed by atoms with van der Waals surface area (Å²) in [6, 6.07) is 13.6. The Morgan fingerprint density at radius 1 is 1.02 bits per heavy atom. The number of aryl methyl sites for hydroxylation is 2. The number of fused-ring (bicyclic) bond motifs is 4. The van der Waals surface area contributed by atoms with E-state index in [9.17, 15) is 22.8 Å². The molecule has 258 valence electrons. The van der Waals surface area contributed by atoms with Gasteiger partial charge in [-0.2, -0.15) is 13.2 Å². The van der Waals surface area contributed by atoms with Gasteiger partial charge >= 0.3 is 24.1 Å². The molecular formula is C33H32F3N5O7S. The van der Waals surface area contributed by atoms with Crippen LogP contribution in [0.4, 0.5) is 18.9 Å². The maximum absolute atomic E-state index is 12.4. The average molecular weight is 700 g/mol. The Morgan fingerprint density at radius 3 is 2.35 bits per heavy atom. The van der Waals surface area contributed by atoms with Crippen molar-refractivity contribution < 1.29 is 47.2 Å². The van der Waals surface area contributed by atoms with Gasteiger partial charge < -0.3 is 24.6 Å². The van der Waals surface area contributed by atoms with Crippen LogP contribution in [0.15, 0.2) is 47.5 Å². The van der Waals surface area contributed by atoms with E-state index in [1.54, 1.807) is 11.3 Å². The van der Waals surface area contributed by atoms with Crippen molar-refractivity contribution in [3.8, 4) is 10.8 Å². The van der Waals surface area contributed by atoms with Crippen molar-refractivity contribution in [1.29, 1.82) is 0 Å². The fraction of sp³-hybridized carbons (Fsp3) is 0.333. The molecule has 0 spiro atoms. The standard InChI is InChI=1S/C31H31N5O5S.C2HF3O2/c1-17-18(2)42-31-28(17)29(32-25(14-27(39)40-4)30-34-33-19(3)36(30)31)21-5-8-23(9-6-21)35-12-11-20-7-10-24(13-22(20)15-35)41-16-26(37)38;3-2(4,5)1(6)7/h5-10,13,25H,11-12,14-16H2,1-4H3,(H,37,38);(H,6,7)/t25-;/m0./s1. The van der Waals surface area contributed by atoms with E-state index in [-0.39, 0.29) is 19.0 Å². The quantitative estimate of drug-likeness (QED) is 0.241. The molecule has 0 bridgehead atoms. The van der Waals surface area contributed by atoms with Crippen LogP contribution in [-0.2, 0) is 32.1 Å². The van der Waals surface area contributed by atoms with Crippen molar-refractivity contribution in [2.75, 3.05) is 25.2 Å². The van der Waals surface area contributed by atoms with Crippen molar-refractivity contribution >= 4 is 40.6 Å². The minimum Gasteiger partial charge on any atom is -0.482 e. The van der Waals surface area contributed by atoms with Gasteiger partial charge in [-0.05, 0) is 68.1 Å². The van der Waals surface area contributed by atoms with E-state index in [0.717, 1.165) is 57.4 Å². The molecule has 0 fully saturated rings. The summed E-state index contributed by atoms with van der Waals surface area (Å²) in [6.45, 7) is 7.32. The molecule has 2 aromatic heterocycles. The van der Waals surface area contributed by atoms with E-state index in [2.05, 4.69) is 53.2 Å². The summed E-state index contributed by atoms with van der Waals surface area (Å²) in [6.07, 6.45) is -4.14. The number of thiophene rings is 1. The highest BCUT2D eigenvalue weighted by Gasteiger charge is 2.38. The van der Waals surface area contributed by atoms with Gasteiger partial charge in [0.1, 0.15) is 22.6 Å². The number of alkyl halides is 3. The SMILES string of the molecule is COC(=O)C[C@@H]1N=C(c2ccc(N3CCc4ccc(OCC(=O)O)cc4C3)cc2)c2c(sc(C)c2C)-n2c(C)nnc21.O=C(O)C(F)(F)F. The molecule has 0 aliphatic carbocycles. The topological polar surface area (TPSA) is 156 Å². The van der Waals surface area contributed by atoms with Crippen molar-refractivity contribution in [2.24, 2.45) is 4.99 Å². The molecule has 4 aromatic rings. The Balaban J connectivity index is 0.000000606. The number of ether oxygens (including phenoxy) is 2. The second kappa shape index (κ2) is 14.1. The van der Waals surface area contributed by atoms with Crippen molar-refractivity contribution in [3.63, 3.8) is 0 Å². The highest BCUT2D eigenvalue weighted by molar-refractivity contribution is 7.15. The number of carbonyl (C=O) groups is 3. The monoisotopic (exact) mass is 699 g/mol. The number of carboxylic acids is 2. The van der Waals surface area contributed by atoms with Crippen LogP contribution in [-0.4, -0.2) is 75.0 Å². The Labute approximate surface area is 282 Å². The minimum absolute atomic E-state index is 0.0640. The maximum Gasteiger partial charge on any atom is 0.490 e. The highest BCUT2D eigenvalue weighted by atomic mass is 32.1. The molecule has 12 nitrogen and oxygen atoms in total. The number of rotatable bonds is 7. The van der Waals surface area contributed by atoms with Gasteiger partial charge in [-0.15, -0.1) is 21.5 Å². The Kier molecular flexibility index (Phi) is 10.1. The number of aliphatic imine (C=N–C) groups is 1. The fourth-order valence-corrected chi connectivity index (χ4v) is 6.80. The molecule has 49 heavy (non-hydrogen) atoms. The molecule has 0 unspecified atom stereocenters. The highest BCUT2D eigenvalue weighted by Crippen LogP contribution is 2.40. The molecule has 0 radical (unpaired) electrons. The summed E-state index contributed by atoms with van der Waals surface area (Å²) in [4.78, 5) is 40.8. The lowest BCUT2D eigenvalue weighted by Crippen LogP contribution is -2.30. The van der Waals surface area contributed by atoms with Crippen LogP contribution in [0.25, 0.3) is 5.00 Å². The molecule has 0 amide bonds. The number of hydrogen-bond acceptors (Lipinski definition) is 10. The lowest BCUT2D eigenvalue weighted by atomic mass is 9.97. The number of nitrogens with zero attached hydrogens (tertiary/aromatic N) is 5. The molecule has 4 heterocycles. The Hall–Kier alpha value is -5.25. The van der Waals surface area contributed by atoms with Gasteiger partial charge in [0, 0.05) is 34.8 Å². The molecule has 2 N–H and O–H groups in total. The molecule has 2 aliphatic heterocycles. The number of aromatic nitrogens is 3. The number of esters is 1. The van der Waals surface area contributed by atoms with E-state index in [4.69, 9.17) is 29.5 Å². The number of halogens is 3. The van der Waals surface area contributed by atoms with Crippen molar-refractivity contribution in [2.45, 2.75) is 52.4 Å². The number of anilines is 1. The Bertz CT molecular complexity index is 1940. The normalized spacial score (nSPS) is 15.0. The van der Waals surface area contributed by atoms with E-state index in [0.29, 0.717) is 18.1 Å². The summed E-state index contributed by atoms with van der Waals surface area (Å²) in [7, 11) is 1.38. The van der Waals surface area contributed by atoms with Gasteiger partial charge in [-0.25, -0.2) is 9.59 Å². The van der Waals surface area contributed by atoms with Crippen LogP contribution in [0.2, 0.25) is 0 Å². The first-order valence-electron chi connectivity index (χ1n) is 15.0. The molecule has 0 saturated carbocycles. The van der Waals surface area contributed by atoms with E-state index >= 15 is 0 Å². The summed E-state index contributed by atoms with van der Waals surface area (Å²) in [5.74, 6) is -2.18. The molecule has 2 aliphatic rings. The zero-order valence-electron chi connectivity index (χ0n) is 26.9. The zero-order chi connectivity index (χ0) is 35.6. The van der Waals surface area contributed by atoms with Crippen LogP contribution in [0, 0.1) is 20.8 Å². The van der Waals surface area contributed by atoms with Crippen LogP contribution in [0.5, 0.6) is 5.75 Å². The van der Waals surface area contributed by atoms with Gasteiger partial charge in [-0.3, -0.25) is 14.4 Å². The van der Waals surface area contributed by atoms with Crippen LogP contribution in [0.3, 0.4) is 0 Å². The number of carbonyl (C=O) groups excluding carboxylic acids is 1. The lowest BCUT2D eigenvalue weighted by Gasteiger charge is -2.31. The predicted molar refractivity (Wildman–Crippen MR) is 173 cm³/mol. The van der Waals surface area contributed by atoms with Crippen LogP contribution < -0.4 is 9.64 Å². The number of hydrogen-bond donors (Lipinski definition) is 2. The predicted octanol–water partition coefficient (Wildman–Crippen LogP) is 5.37. The summed E-state index contributed by atoms with van der Waals surface area (Å²) >= 11 is 1.68. The second-order valence-corrected chi connectivity index (χ2v) is 12.5. The van der Waals surface area contributed by atoms with Gasteiger partial charge in [0.05, 0.1) is 19.2 Å². The third-order valence-corrected chi connectivity index (χ3v) is 9.32. The van der Waals surface area contributed by atoms with E-state index in [1.807, 2.05) is 29.7 Å². The summed E-state index contributed by atoms with van der Waals surface area (Å²) in [5.41, 5.74) is 7.39. The van der Waals surface area contributed by atoms with Crippen LogP contribution in [0.1, 0.15) is 56.8 Å². The summed E-state index contributed by atoms with van der Waals surface area (Å²) in [5, 5.41) is 25.8. The maximum atomic E-state index is 12.4. The smallest absolute Gasteiger partial charge is 0.482 e. The van der Waals surface area contributed by atoms with Gasteiger partial charge in [-0.1, -0.05) is 18.2 Å². The Morgan fingerprint density at radius 2 is 1.71 bits per heavy atom. The lowest BCUT2D eigenvalue weighted by molar-refractivity contribution is -0.192. The second-order valence-electron chi connectivity index (χ2n) is 11.3. The van der Waals surface area contributed by atoms with Crippen LogP contribution >= 0.6 is 11.3 Å². The largest absolute Gasteiger partial charge is 0.490 e. The molecule has 0 saturated heterocycles. The van der Waals surface area contributed by atoms with E-state index in [1.165, 1.54) is 17.6 Å². The first-order valence-corrected chi connectivity index (χ1v) is 15.8. The fourth-order valence-electron chi connectivity index (χ4n) is 5.58. The first kappa shape index (κ1) is 35.1. The molecule has 1 atom stereocenters. The molecular weight excluding hydrogens is 667 g/mol. The number of methoxy groups -OCH3 is 1. The zero-order valence-corrected chi connectivity index (χ0v) is 27.7. The molecule has 16 heteroatoms. The third-order valence-electron chi connectivity index (χ3n) is 8.13. The van der Waals surface area contributed by atoms with Gasteiger partial charge in [0.15, 0.2) is 12.4 Å². The number of carboxylic acid groups (broad SMARTS) is 2.